The Hall–Kier alpha value is -3.12. The van der Waals surface area contributed by atoms with E-state index in [0.717, 1.165) is 19.3 Å². The zero-order valence-electron chi connectivity index (χ0n) is 16.3. The molecule has 0 saturated heterocycles. The highest BCUT2D eigenvalue weighted by molar-refractivity contribution is 7.92. The van der Waals surface area contributed by atoms with Crippen molar-refractivity contribution < 1.29 is 13.2 Å². The van der Waals surface area contributed by atoms with Gasteiger partial charge in [-0.2, -0.15) is 0 Å². The molecular weight excluding hydrogens is 384 g/mol. The Morgan fingerprint density at radius 2 is 1.52 bits per heavy atom. The quantitative estimate of drug-likeness (QED) is 0.546. The van der Waals surface area contributed by atoms with Gasteiger partial charge in [0.2, 0.25) is 0 Å². The fraction of sp³-hybridized carbons (Fsp3) is 0.174. The molecule has 150 valence electrons. The van der Waals surface area contributed by atoms with Crippen LogP contribution in [0.25, 0.3) is 0 Å². The number of hydrogen-bond acceptors (Lipinski definition) is 3. The molecule has 3 aromatic rings. The van der Waals surface area contributed by atoms with E-state index in [1.807, 2.05) is 24.3 Å². The van der Waals surface area contributed by atoms with E-state index in [9.17, 15) is 13.2 Å². The molecule has 3 rings (SSSR count). The van der Waals surface area contributed by atoms with E-state index in [0.29, 0.717) is 5.69 Å². The van der Waals surface area contributed by atoms with Crippen molar-refractivity contribution in [2.45, 2.75) is 31.1 Å². The van der Waals surface area contributed by atoms with Crippen LogP contribution in [0.15, 0.2) is 83.8 Å². The maximum absolute atomic E-state index is 12.8. The van der Waals surface area contributed by atoms with Crippen LogP contribution in [0.3, 0.4) is 0 Å². The molecule has 0 unspecified atom stereocenters. The van der Waals surface area contributed by atoms with Gasteiger partial charge in [0.1, 0.15) is 0 Å². The van der Waals surface area contributed by atoms with Crippen molar-refractivity contribution in [2.75, 3.05) is 10.0 Å². The molecule has 0 bridgehead atoms. The minimum absolute atomic E-state index is 0.137. The molecule has 6 heteroatoms. The molecule has 3 aromatic carbocycles. The number of aryl methyl sites for hydroxylation is 1. The Balaban J connectivity index is 1.77. The van der Waals surface area contributed by atoms with Crippen LogP contribution in [0.5, 0.6) is 0 Å². The molecule has 0 spiro atoms. The first kappa shape index (κ1) is 20.6. The zero-order chi connectivity index (χ0) is 20.7. The van der Waals surface area contributed by atoms with Gasteiger partial charge in [-0.1, -0.05) is 55.8 Å². The standard InChI is InChI=1S/C23H24N2O3S/c1-2-3-9-18-14-16-19(17-15-18)24-23(26)21-12-7-8-13-22(21)25-29(27,28)20-10-5-4-6-11-20/h4-8,10-17,25H,2-3,9H2,1H3,(H,24,26). The molecule has 0 saturated carbocycles. The average molecular weight is 409 g/mol. The summed E-state index contributed by atoms with van der Waals surface area (Å²) in [5, 5.41) is 2.83. The maximum atomic E-state index is 12.8. The van der Waals surface area contributed by atoms with Crippen LogP contribution in [-0.2, 0) is 16.4 Å². The highest BCUT2D eigenvalue weighted by Crippen LogP contribution is 2.21. The number of unbranched alkanes of at least 4 members (excludes halogenated alkanes) is 1. The summed E-state index contributed by atoms with van der Waals surface area (Å²) in [7, 11) is -3.79. The van der Waals surface area contributed by atoms with Crippen molar-refractivity contribution in [2.24, 2.45) is 0 Å². The van der Waals surface area contributed by atoms with E-state index in [1.54, 1.807) is 42.5 Å². The summed E-state index contributed by atoms with van der Waals surface area (Å²) in [4.78, 5) is 12.9. The van der Waals surface area contributed by atoms with E-state index in [1.165, 1.54) is 17.7 Å². The smallest absolute Gasteiger partial charge is 0.261 e. The van der Waals surface area contributed by atoms with Gasteiger partial charge >= 0.3 is 0 Å². The van der Waals surface area contributed by atoms with E-state index in [4.69, 9.17) is 0 Å². The second-order valence-electron chi connectivity index (χ2n) is 6.72. The van der Waals surface area contributed by atoms with E-state index < -0.39 is 10.0 Å². The van der Waals surface area contributed by atoms with E-state index in [-0.39, 0.29) is 22.1 Å². The van der Waals surface area contributed by atoms with Gasteiger partial charge < -0.3 is 5.32 Å². The zero-order valence-corrected chi connectivity index (χ0v) is 17.1. The molecule has 1 amide bonds. The van der Waals surface area contributed by atoms with Crippen molar-refractivity contribution in [3.63, 3.8) is 0 Å². The van der Waals surface area contributed by atoms with Gasteiger partial charge in [0.15, 0.2) is 0 Å². The lowest BCUT2D eigenvalue weighted by Crippen LogP contribution is -2.18. The summed E-state index contributed by atoms with van der Waals surface area (Å²) < 4.78 is 27.7. The molecule has 0 aliphatic rings. The predicted molar refractivity (Wildman–Crippen MR) is 117 cm³/mol. The first-order valence-electron chi connectivity index (χ1n) is 9.57. The fourth-order valence-corrected chi connectivity index (χ4v) is 4.01. The second-order valence-corrected chi connectivity index (χ2v) is 8.40. The van der Waals surface area contributed by atoms with E-state index in [2.05, 4.69) is 17.0 Å². The molecule has 2 N–H and O–H groups in total. The Morgan fingerprint density at radius 3 is 2.21 bits per heavy atom. The van der Waals surface area contributed by atoms with Crippen molar-refractivity contribution in [3.8, 4) is 0 Å². The third-order valence-corrected chi connectivity index (χ3v) is 5.88. The lowest BCUT2D eigenvalue weighted by atomic mass is 10.1. The van der Waals surface area contributed by atoms with E-state index >= 15 is 0 Å². The summed E-state index contributed by atoms with van der Waals surface area (Å²) >= 11 is 0. The topological polar surface area (TPSA) is 75.3 Å². The van der Waals surface area contributed by atoms with Gasteiger partial charge in [-0.3, -0.25) is 9.52 Å². The number of nitrogens with one attached hydrogen (secondary N) is 2. The normalized spacial score (nSPS) is 11.1. The number of carbonyl (C=O) groups is 1. The van der Waals surface area contributed by atoms with Crippen LogP contribution < -0.4 is 10.0 Å². The first-order valence-corrected chi connectivity index (χ1v) is 11.0. The van der Waals surface area contributed by atoms with Crippen molar-refractivity contribution in [1.29, 1.82) is 0 Å². The monoisotopic (exact) mass is 408 g/mol. The number of benzene rings is 3. The Bertz CT molecular complexity index is 1060. The minimum Gasteiger partial charge on any atom is -0.322 e. The Morgan fingerprint density at radius 1 is 0.862 bits per heavy atom. The SMILES string of the molecule is CCCCc1ccc(NC(=O)c2ccccc2NS(=O)(=O)c2ccccc2)cc1. The van der Waals surface area contributed by atoms with Crippen LogP contribution in [0.1, 0.15) is 35.7 Å². The van der Waals surface area contributed by atoms with Crippen LogP contribution in [0.2, 0.25) is 0 Å². The van der Waals surface area contributed by atoms with Crippen LogP contribution >= 0.6 is 0 Å². The Labute approximate surface area is 171 Å². The van der Waals surface area contributed by atoms with Crippen molar-refractivity contribution >= 4 is 27.3 Å². The first-order chi connectivity index (χ1) is 14.0. The van der Waals surface area contributed by atoms with Crippen molar-refractivity contribution in [1.82, 2.24) is 0 Å². The van der Waals surface area contributed by atoms with Gasteiger partial charge in [0.25, 0.3) is 15.9 Å². The molecule has 0 aliphatic heterocycles. The molecule has 0 aliphatic carbocycles. The highest BCUT2D eigenvalue weighted by atomic mass is 32.2. The molecule has 0 fully saturated rings. The lowest BCUT2D eigenvalue weighted by Gasteiger charge is -2.13. The number of sulfonamides is 1. The summed E-state index contributed by atoms with van der Waals surface area (Å²) in [6.07, 6.45) is 3.27. The molecule has 0 radical (unpaired) electrons. The van der Waals surface area contributed by atoms with Crippen LogP contribution in [0, 0.1) is 0 Å². The number of hydrogen-bond donors (Lipinski definition) is 2. The summed E-state index contributed by atoms with van der Waals surface area (Å²) in [6, 6.07) is 22.3. The van der Waals surface area contributed by atoms with Crippen molar-refractivity contribution in [3.05, 3.63) is 90.0 Å². The maximum Gasteiger partial charge on any atom is 0.261 e. The number of rotatable bonds is 8. The highest BCUT2D eigenvalue weighted by Gasteiger charge is 2.18. The number of para-hydroxylation sites is 1. The molecule has 29 heavy (non-hydrogen) atoms. The molecule has 0 atom stereocenters. The van der Waals surface area contributed by atoms with Crippen LogP contribution in [0.4, 0.5) is 11.4 Å². The Kier molecular flexibility index (Phi) is 6.67. The summed E-state index contributed by atoms with van der Waals surface area (Å²) in [6.45, 7) is 2.15. The van der Waals surface area contributed by atoms with Gasteiger partial charge in [-0.15, -0.1) is 0 Å². The van der Waals surface area contributed by atoms with Gasteiger partial charge in [0.05, 0.1) is 16.1 Å². The molecule has 0 aromatic heterocycles. The van der Waals surface area contributed by atoms with Gasteiger partial charge in [-0.25, -0.2) is 8.42 Å². The number of carbonyl (C=O) groups excluding carboxylic acids is 1. The fourth-order valence-electron chi connectivity index (χ4n) is 2.91. The largest absolute Gasteiger partial charge is 0.322 e. The predicted octanol–water partition coefficient (Wildman–Crippen LogP) is 5.08. The third-order valence-electron chi connectivity index (χ3n) is 4.50. The van der Waals surface area contributed by atoms with Gasteiger partial charge in [0, 0.05) is 5.69 Å². The number of anilines is 2. The van der Waals surface area contributed by atoms with Crippen LogP contribution in [-0.4, -0.2) is 14.3 Å². The molecule has 5 nitrogen and oxygen atoms in total. The number of amides is 1. The lowest BCUT2D eigenvalue weighted by molar-refractivity contribution is 0.102. The van der Waals surface area contributed by atoms with Gasteiger partial charge in [-0.05, 0) is 54.8 Å². The summed E-state index contributed by atoms with van der Waals surface area (Å²) in [5.41, 5.74) is 2.37. The second kappa shape index (κ2) is 9.39. The third kappa shape index (κ3) is 5.45. The molecule has 0 heterocycles. The minimum atomic E-state index is -3.79. The summed E-state index contributed by atoms with van der Waals surface area (Å²) in [5.74, 6) is -0.377. The molecular formula is C23H24N2O3S. The average Bonchev–Trinajstić information content (AvgIpc) is 2.74.